The van der Waals surface area contributed by atoms with Gasteiger partial charge in [-0.2, -0.15) is 4.98 Å². The molecule has 0 aliphatic heterocycles. The maximum Gasteiger partial charge on any atom is 0.322 e. The van der Waals surface area contributed by atoms with Crippen molar-refractivity contribution in [3.8, 4) is 0 Å². The van der Waals surface area contributed by atoms with Gasteiger partial charge in [0.15, 0.2) is 5.75 Å². The third-order valence-corrected chi connectivity index (χ3v) is 4.31. The molecule has 3 heterocycles. The molecule has 1 atom stereocenters. The first-order valence-corrected chi connectivity index (χ1v) is 7.40. The lowest BCUT2D eigenvalue weighted by molar-refractivity contribution is 0.577. The van der Waals surface area contributed by atoms with E-state index in [1.54, 1.807) is 0 Å². The molecular formula is C11H8FN3OS2. The second kappa shape index (κ2) is 4.68. The van der Waals surface area contributed by atoms with Crippen LogP contribution < -0.4 is 0 Å². The van der Waals surface area contributed by atoms with E-state index in [4.69, 9.17) is 0 Å². The Balaban J connectivity index is 1.85. The third-order valence-electron chi connectivity index (χ3n) is 2.42. The van der Waals surface area contributed by atoms with E-state index in [9.17, 15) is 8.94 Å². The minimum atomic E-state index is -1.42. The summed E-state index contributed by atoms with van der Waals surface area (Å²) in [7, 11) is 0. The number of rotatable bonds is 3. The number of hydrogen-bond donors (Lipinski definition) is 1. The van der Waals surface area contributed by atoms with Gasteiger partial charge in [0.2, 0.25) is 0 Å². The summed E-state index contributed by atoms with van der Waals surface area (Å²) < 4.78 is 25.4. The molecule has 92 valence electrons. The zero-order valence-corrected chi connectivity index (χ0v) is 10.7. The minimum Gasteiger partial charge on any atom is -0.609 e. The molecule has 0 bridgehead atoms. The highest BCUT2D eigenvalue weighted by Crippen LogP contribution is 2.21. The summed E-state index contributed by atoms with van der Waals surface area (Å²) in [5.41, 5.74) is 1.82. The Morgan fingerprint density at radius 3 is 3.11 bits per heavy atom. The number of H-pyrrole nitrogens is 1. The van der Waals surface area contributed by atoms with Crippen molar-refractivity contribution in [2.24, 2.45) is 0 Å². The van der Waals surface area contributed by atoms with Crippen LogP contribution in [-0.4, -0.2) is 19.5 Å². The summed E-state index contributed by atoms with van der Waals surface area (Å²) in [6.07, 6.45) is 1.48. The molecule has 3 aromatic rings. The Bertz CT molecular complexity index is 653. The lowest BCUT2D eigenvalue weighted by atomic mass is 10.4. The number of aromatic amines is 1. The maximum atomic E-state index is 13.4. The SMILES string of the molecule is [O-][S+](Cc1ncccc1F)c1nc2cscc2[nH]1. The van der Waals surface area contributed by atoms with E-state index in [-0.39, 0.29) is 11.4 Å². The molecule has 0 spiro atoms. The number of aromatic nitrogens is 3. The van der Waals surface area contributed by atoms with Crippen LogP contribution in [0.4, 0.5) is 4.39 Å². The molecular weight excluding hydrogens is 273 g/mol. The quantitative estimate of drug-likeness (QED) is 0.750. The van der Waals surface area contributed by atoms with Crippen LogP contribution in [0.1, 0.15) is 5.69 Å². The predicted molar refractivity (Wildman–Crippen MR) is 68.3 cm³/mol. The zero-order chi connectivity index (χ0) is 12.5. The summed E-state index contributed by atoms with van der Waals surface area (Å²) in [4.78, 5) is 11.0. The van der Waals surface area contributed by atoms with Gasteiger partial charge in [-0.3, -0.25) is 9.97 Å². The maximum absolute atomic E-state index is 13.4. The third kappa shape index (κ3) is 2.12. The van der Waals surface area contributed by atoms with Gasteiger partial charge >= 0.3 is 5.16 Å². The van der Waals surface area contributed by atoms with E-state index in [0.29, 0.717) is 5.16 Å². The van der Waals surface area contributed by atoms with Gasteiger partial charge in [-0.05, 0) is 12.1 Å². The minimum absolute atomic E-state index is 0.0200. The van der Waals surface area contributed by atoms with Crippen LogP contribution in [0.5, 0.6) is 0 Å². The highest BCUT2D eigenvalue weighted by atomic mass is 32.2. The summed E-state index contributed by atoms with van der Waals surface area (Å²) >= 11 is 0.101. The first-order chi connectivity index (χ1) is 8.74. The molecule has 0 radical (unpaired) electrons. The number of imidazole rings is 1. The standard InChI is InChI=1S/C11H8FN3OS2/c12-7-2-1-3-13-10(7)6-18(16)11-14-8-4-17-5-9(8)15-11/h1-5H,6H2,(H,14,15). The van der Waals surface area contributed by atoms with Crippen LogP contribution in [0.3, 0.4) is 0 Å². The molecule has 1 unspecified atom stereocenters. The van der Waals surface area contributed by atoms with Crippen LogP contribution in [0, 0.1) is 5.82 Å². The summed E-state index contributed by atoms with van der Waals surface area (Å²) in [5.74, 6) is -0.426. The number of nitrogens with one attached hydrogen (secondary N) is 1. The van der Waals surface area contributed by atoms with Gasteiger partial charge in [0.1, 0.15) is 17.0 Å². The van der Waals surface area contributed by atoms with E-state index in [2.05, 4.69) is 15.0 Å². The molecule has 1 N–H and O–H groups in total. The van der Waals surface area contributed by atoms with Crippen molar-refractivity contribution in [3.63, 3.8) is 0 Å². The Labute approximate surface area is 109 Å². The van der Waals surface area contributed by atoms with Crippen molar-refractivity contribution in [1.82, 2.24) is 15.0 Å². The van der Waals surface area contributed by atoms with E-state index in [1.165, 1.54) is 29.7 Å². The first kappa shape index (κ1) is 11.6. The molecule has 0 aliphatic carbocycles. The average Bonchev–Trinajstić information content (AvgIpc) is 2.92. The van der Waals surface area contributed by atoms with Crippen LogP contribution in [0.25, 0.3) is 11.0 Å². The van der Waals surface area contributed by atoms with Crippen molar-refractivity contribution in [3.05, 3.63) is 40.6 Å². The summed E-state index contributed by atoms with van der Waals surface area (Å²) in [6, 6.07) is 2.81. The number of nitrogens with zero attached hydrogens (tertiary/aromatic N) is 2. The molecule has 3 aromatic heterocycles. The van der Waals surface area contributed by atoms with Crippen molar-refractivity contribution in [2.75, 3.05) is 0 Å². The summed E-state index contributed by atoms with van der Waals surface area (Å²) in [5, 5.41) is 4.12. The number of halogens is 1. The molecule has 0 saturated carbocycles. The molecule has 0 aromatic carbocycles. The van der Waals surface area contributed by atoms with Crippen LogP contribution >= 0.6 is 11.3 Å². The van der Waals surface area contributed by atoms with Crippen LogP contribution in [0.2, 0.25) is 0 Å². The van der Waals surface area contributed by atoms with Crippen molar-refractivity contribution >= 4 is 33.5 Å². The fraction of sp³-hybridized carbons (Fsp3) is 0.0909. The lowest BCUT2D eigenvalue weighted by Gasteiger charge is -2.06. The average molecular weight is 281 g/mol. The van der Waals surface area contributed by atoms with E-state index in [1.807, 2.05) is 10.8 Å². The molecule has 18 heavy (non-hydrogen) atoms. The monoisotopic (exact) mass is 281 g/mol. The number of thiophene rings is 1. The van der Waals surface area contributed by atoms with E-state index >= 15 is 0 Å². The van der Waals surface area contributed by atoms with Gasteiger partial charge in [0.05, 0.1) is 5.52 Å². The normalized spacial score (nSPS) is 13.0. The van der Waals surface area contributed by atoms with Crippen LogP contribution in [0.15, 0.2) is 34.2 Å². The molecule has 7 heteroatoms. The molecule has 0 fully saturated rings. The first-order valence-electron chi connectivity index (χ1n) is 5.14. The summed E-state index contributed by atoms with van der Waals surface area (Å²) in [6.45, 7) is 0. The van der Waals surface area contributed by atoms with Gasteiger partial charge in [-0.1, -0.05) is 0 Å². The number of pyridine rings is 1. The van der Waals surface area contributed by atoms with E-state index in [0.717, 1.165) is 11.0 Å². The zero-order valence-electron chi connectivity index (χ0n) is 9.09. The Morgan fingerprint density at radius 1 is 1.44 bits per heavy atom. The molecule has 3 rings (SSSR count). The second-order valence-corrected chi connectivity index (χ2v) is 5.74. The number of hydrogen-bond acceptors (Lipinski definition) is 4. The Morgan fingerprint density at radius 2 is 2.33 bits per heavy atom. The smallest absolute Gasteiger partial charge is 0.322 e. The Kier molecular flexibility index (Phi) is 3.02. The van der Waals surface area contributed by atoms with Gasteiger partial charge in [0.25, 0.3) is 0 Å². The topological polar surface area (TPSA) is 64.6 Å². The van der Waals surface area contributed by atoms with Crippen molar-refractivity contribution in [1.29, 1.82) is 0 Å². The predicted octanol–water partition coefficient (Wildman–Crippen LogP) is 2.47. The molecule has 4 nitrogen and oxygen atoms in total. The van der Waals surface area contributed by atoms with E-state index < -0.39 is 17.0 Å². The molecule has 0 aliphatic rings. The van der Waals surface area contributed by atoms with Gasteiger partial charge in [-0.25, -0.2) is 4.39 Å². The fourth-order valence-corrected chi connectivity index (χ4v) is 3.26. The Hall–Kier alpha value is -1.44. The van der Waals surface area contributed by atoms with Crippen molar-refractivity contribution in [2.45, 2.75) is 10.9 Å². The molecule has 0 amide bonds. The van der Waals surface area contributed by atoms with Gasteiger partial charge in [-0.15, -0.1) is 11.3 Å². The highest BCUT2D eigenvalue weighted by molar-refractivity contribution is 7.90. The second-order valence-electron chi connectivity index (χ2n) is 3.63. The van der Waals surface area contributed by atoms with Crippen molar-refractivity contribution < 1.29 is 8.94 Å². The van der Waals surface area contributed by atoms with Crippen LogP contribution in [-0.2, 0) is 16.9 Å². The van der Waals surface area contributed by atoms with Gasteiger partial charge in [0, 0.05) is 28.1 Å². The number of fused-ring (bicyclic) bond motifs is 1. The largest absolute Gasteiger partial charge is 0.609 e. The fourth-order valence-electron chi connectivity index (χ4n) is 1.55. The van der Waals surface area contributed by atoms with Gasteiger partial charge < -0.3 is 4.55 Å². The lowest BCUT2D eigenvalue weighted by Crippen LogP contribution is -2.09. The molecule has 0 saturated heterocycles. The highest BCUT2D eigenvalue weighted by Gasteiger charge is 2.20.